The van der Waals surface area contributed by atoms with Gasteiger partial charge in [-0.05, 0) is 18.1 Å². The number of halogens is 1. The molecule has 1 atom stereocenters. The van der Waals surface area contributed by atoms with Gasteiger partial charge < -0.3 is 4.74 Å². The second-order valence-electron chi connectivity index (χ2n) is 3.79. The lowest BCUT2D eigenvalue weighted by molar-refractivity contribution is 0.250. The van der Waals surface area contributed by atoms with E-state index < -0.39 is 0 Å². The van der Waals surface area contributed by atoms with Gasteiger partial charge in [-0.3, -0.25) is 0 Å². The third-order valence-electron chi connectivity index (χ3n) is 2.30. The van der Waals surface area contributed by atoms with Crippen LogP contribution >= 0.6 is 15.9 Å². The van der Waals surface area contributed by atoms with Gasteiger partial charge in [0, 0.05) is 4.83 Å². The molecule has 0 saturated heterocycles. The fraction of sp³-hybridized carbons (Fsp3) is 0.429. The third-order valence-corrected chi connectivity index (χ3v) is 3.03. The first-order valence-corrected chi connectivity index (χ1v) is 6.71. The highest BCUT2D eigenvalue weighted by atomic mass is 79.9. The Morgan fingerprint density at radius 3 is 2.75 bits per heavy atom. The maximum absolute atomic E-state index is 5.47. The normalized spacial score (nSPS) is 12.9. The summed E-state index contributed by atoms with van der Waals surface area (Å²) in [6, 6.07) is 10.2. The van der Waals surface area contributed by atoms with E-state index in [1.165, 1.54) is 24.8 Å². The molecule has 0 heterocycles. The molecule has 0 aliphatic heterocycles. The third kappa shape index (κ3) is 5.96. The summed E-state index contributed by atoms with van der Waals surface area (Å²) in [7, 11) is 0. The lowest BCUT2D eigenvalue weighted by Gasteiger charge is -2.07. The first-order chi connectivity index (χ1) is 7.83. The highest BCUT2D eigenvalue weighted by Gasteiger charge is 2.01. The van der Waals surface area contributed by atoms with Gasteiger partial charge in [-0.15, -0.1) is 0 Å². The van der Waals surface area contributed by atoms with Gasteiger partial charge >= 0.3 is 0 Å². The van der Waals surface area contributed by atoms with Crippen molar-refractivity contribution in [2.75, 3.05) is 6.61 Å². The molecule has 1 aromatic carbocycles. The summed E-state index contributed by atoms with van der Waals surface area (Å²) in [5.74, 6) is 0. The van der Waals surface area contributed by atoms with E-state index in [0.29, 0.717) is 4.83 Å². The Hall–Kier alpha value is -0.760. The maximum atomic E-state index is 5.47. The average Bonchev–Trinajstić information content (AvgIpc) is 2.33. The molecule has 0 aliphatic carbocycles. The predicted octanol–water partition coefficient (Wildman–Crippen LogP) is 4.63. The zero-order valence-corrected chi connectivity index (χ0v) is 11.3. The molecule has 0 radical (unpaired) electrons. The van der Waals surface area contributed by atoms with Crippen molar-refractivity contribution in [1.82, 2.24) is 0 Å². The monoisotopic (exact) mass is 282 g/mol. The molecule has 88 valence electrons. The summed E-state index contributed by atoms with van der Waals surface area (Å²) in [5.41, 5.74) is 1.17. The van der Waals surface area contributed by atoms with E-state index in [1.807, 2.05) is 24.3 Å². The number of benzene rings is 1. The van der Waals surface area contributed by atoms with Crippen LogP contribution in [0, 0.1) is 0 Å². The van der Waals surface area contributed by atoms with E-state index in [4.69, 9.17) is 4.74 Å². The quantitative estimate of drug-likeness (QED) is 0.523. The molecule has 0 amide bonds. The van der Waals surface area contributed by atoms with Crippen LogP contribution in [0.25, 0.3) is 6.08 Å². The number of hydrogen-bond acceptors (Lipinski definition) is 1. The Balaban J connectivity index is 2.17. The van der Waals surface area contributed by atoms with E-state index in [-0.39, 0.29) is 0 Å². The van der Waals surface area contributed by atoms with E-state index in [1.54, 1.807) is 6.26 Å². The Labute approximate surface area is 107 Å². The summed E-state index contributed by atoms with van der Waals surface area (Å²) in [6.07, 6.45) is 7.42. The van der Waals surface area contributed by atoms with Crippen molar-refractivity contribution < 1.29 is 4.74 Å². The highest BCUT2D eigenvalue weighted by molar-refractivity contribution is 9.09. The van der Waals surface area contributed by atoms with Crippen molar-refractivity contribution in [2.24, 2.45) is 0 Å². The molecule has 0 fully saturated rings. The lowest BCUT2D eigenvalue weighted by atomic mass is 10.2. The summed E-state index contributed by atoms with van der Waals surface area (Å²) in [4.78, 5) is 0.466. The summed E-state index contributed by atoms with van der Waals surface area (Å²) in [5, 5.41) is 0. The van der Waals surface area contributed by atoms with Crippen LogP contribution in [0.15, 0.2) is 36.6 Å². The van der Waals surface area contributed by atoms with Crippen LogP contribution in [0.1, 0.15) is 31.7 Å². The molecule has 1 aromatic rings. The lowest BCUT2D eigenvalue weighted by Crippen LogP contribution is -2.05. The van der Waals surface area contributed by atoms with Gasteiger partial charge in [0.25, 0.3) is 0 Å². The molecule has 0 bridgehead atoms. The summed E-state index contributed by atoms with van der Waals surface area (Å²) in [6.45, 7) is 2.94. The predicted molar refractivity (Wildman–Crippen MR) is 73.7 cm³/mol. The maximum Gasteiger partial charge on any atom is 0.0998 e. The van der Waals surface area contributed by atoms with Crippen LogP contribution in [0.3, 0.4) is 0 Å². The van der Waals surface area contributed by atoms with Gasteiger partial charge in [-0.25, -0.2) is 0 Å². The van der Waals surface area contributed by atoms with Crippen molar-refractivity contribution >= 4 is 22.0 Å². The number of hydrogen-bond donors (Lipinski definition) is 0. The molecule has 0 saturated carbocycles. The van der Waals surface area contributed by atoms with Gasteiger partial charge in [0.2, 0.25) is 0 Å². The van der Waals surface area contributed by atoms with E-state index >= 15 is 0 Å². The molecular weight excluding hydrogens is 264 g/mol. The summed E-state index contributed by atoms with van der Waals surface area (Å²) >= 11 is 3.61. The molecule has 1 nitrogen and oxygen atoms in total. The topological polar surface area (TPSA) is 9.23 Å². The van der Waals surface area contributed by atoms with E-state index in [9.17, 15) is 0 Å². The van der Waals surface area contributed by atoms with E-state index in [0.717, 1.165) is 6.61 Å². The number of ether oxygens (including phenoxy) is 1. The van der Waals surface area contributed by atoms with Crippen LogP contribution < -0.4 is 0 Å². The first kappa shape index (κ1) is 13.3. The second kappa shape index (κ2) is 8.40. The summed E-state index contributed by atoms with van der Waals surface area (Å²) < 4.78 is 5.47. The van der Waals surface area contributed by atoms with Crippen LogP contribution in [-0.4, -0.2) is 11.4 Å². The van der Waals surface area contributed by atoms with Crippen LogP contribution in [0.5, 0.6) is 0 Å². The van der Waals surface area contributed by atoms with Crippen molar-refractivity contribution in [1.29, 1.82) is 0 Å². The van der Waals surface area contributed by atoms with Crippen LogP contribution in [0.4, 0.5) is 0 Å². The number of alkyl halides is 1. The Morgan fingerprint density at radius 2 is 2.06 bits per heavy atom. The van der Waals surface area contributed by atoms with Crippen molar-refractivity contribution in [3.8, 4) is 0 Å². The second-order valence-corrected chi connectivity index (χ2v) is 5.08. The average molecular weight is 283 g/mol. The minimum atomic E-state index is 0.466. The zero-order chi connectivity index (χ0) is 11.6. The molecule has 0 spiro atoms. The molecule has 1 rings (SSSR count). The molecular formula is C14H19BrO. The molecule has 16 heavy (non-hydrogen) atoms. The van der Waals surface area contributed by atoms with Gasteiger partial charge in [0.15, 0.2) is 0 Å². The van der Waals surface area contributed by atoms with Crippen LogP contribution in [-0.2, 0) is 4.74 Å². The smallest absolute Gasteiger partial charge is 0.0998 e. The Bertz CT molecular complexity index is 295. The molecule has 0 aromatic heterocycles. The highest BCUT2D eigenvalue weighted by Crippen LogP contribution is 2.10. The van der Waals surface area contributed by atoms with E-state index in [2.05, 4.69) is 35.0 Å². The number of unbranched alkanes of at least 4 members (excludes halogenated alkanes) is 1. The fourth-order valence-corrected chi connectivity index (χ4v) is 1.84. The van der Waals surface area contributed by atoms with Gasteiger partial charge in [0.1, 0.15) is 0 Å². The van der Waals surface area contributed by atoms with Crippen molar-refractivity contribution in [3.63, 3.8) is 0 Å². The van der Waals surface area contributed by atoms with Crippen molar-refractivity contribution in [2.45, 2.75) is 31.0 Å². The van der Waals surface area contributed by atoms with Gasteiger partial charge in [0.05, 0.1) is 12.9 Å². The van der Waals surface area contributed by atoms with Gasteiger partial charge in [-0.1, -0.05) is 66.0 Å². The minimum Gasteiger partial charge on any atom is -0.500 e. The zero-order valence-electron chi connectivity index (χ0n) is 9.73. The van der Waals surface area contributed by atoms with Crippen LogP contribution in [0.2, 0.25) is 0 Å². The standard InChI is InChI=1S/C14H19BrO/c1-2-3-9-14(15)12-16-11-10-13-7-5-4-6-8-13/h4-8,10-11,14H,2-3,9,12H2,1H3. The SMILES string of the molecule is CCCCC(Br)COC=Cc1ccccc1. The minimum absolute atomic E-state index is 0.466. The largest absolute Gasteiger partial charge is 0.500 e. The Kier molecular flexibility index (Phi) is 6.98. The Morgan fingerprint density at radius 1 is 1.31 bits per heavy atom. The first-order valence-electron chi connectivity index (χ1n) is 5.80. The fourth-order valence-electron chi connectivity index (χ4n) is 1.36. The molecule has 0 aliphatic rings. The van der Waals surface area contributed by atoms with Crippen molar-refractivity contribution in [3.05, 3.63) is 42.2 Å². The molecule has 1 unspecified atom stereocenters. The molecule has 0 N–H and O–H groups in total. The number of rotatable bonds is 7. The van der Waals surface area contributed by atoms with Gasteiger partial charge in [-0.2, -0.15) is 0 Å². The molecule has 2 heteroatoms.